The average molecular weight is 489 g/mol. The van der Waals surface area contributed by atoms with Gasteiger partial charge in [0.1, 0.15) is 0 Å². The Morgan fingerprint density at radius 1 is 1.22 bits per heavy atom. The fraction of sp³-hybridized carbons (Fsp3) is 0.435. The van der Waals surface area contributed by atoms with Gasteiger partial charge in [0.25, 0.3) is 0 Å². The summed E-state index contributed by atoms with van der Waals surface area (Å²) in [5.74, 6) is 1.06. The fourth-order valence-electron chi connectivity index (χ4n) is 3.75. The van der Waals surface area contributed by atoms with E-state index in [0.717, 1.165) is 58.1 Å². The van der Waals surface area contributed by atoms with E-state index in [2.05, 4.69) is 32.8 Å². The number of carbonyl (C=O) groups excluding carboxylic acids is 2. The molecule has 3 amide bonds. The Kier molecular flexibility index (Phi) is 8.05. The summed E-state index contributed by atoms with van der Waals surface area (Å²) in [5.41, 5.74) is 3.19. The molecule has 0 bridgehead atoms. The Labute approximate surface area is 200 Å². The number of fused-ring (bicyclic) bond motifs is 1. The molecular formula is C23H28N4O2S3. The first-order valence-electron chi connectivity index (χ1n) is 11.0. The van der Waals surface area contributed by atoms with Gasteiger partial charge in [-0.25, -0.2) is 9.78 Å². The molecule has 3 N–H and O–H groups in total. The number of rotatable bonds is 11. The van der Waals surface area contributed by atoms with Crippen molar-refractivity contribution in [3.8, 4) is 0 Å². The number of aryl methyl sites for hydroxylation is 1. The zero-order valence-corrected chi connectivity index (χ0v) is 20.5. The first kappa shape index (κ1) is 23.1. The largest absolute Gasteiger partial charge is 0.334 e. The smallest absolute Gasteiger partial charge is 0.315 e. The Morgan fingerprint density at radius 3 is 2.91 bits per heavy atom. The van der Waals surface area contributed by atoms with E-state index in [1.54, 1.807) is 34.4 Å². The number of aromatic nitrogens is 1. The lowest BCUT2D eigenvalue weighted by Gasteiger charge is -2.13. The van der Waals surface area contributed by atoms with E-state index in [0.29, 0.717) is 6.42 Å². The van der Waals surface area contributed by atoms with Gasteiger partial charge in [-0.2, -0.15) is 11.3 Å². The van der Waals surface area contributed by atoms with Gasteiger partial charge in [-0.3, -0.25) is 4.79 Å². The molecule has 1 aromatic carbocycles. The van der Waals surface area contributed by atoms with Gasteiger partial charge in [0, 0.05) is 23.9 Å². The molecule has 170 valence electrons. The average Bonchev–Trinajstić information content (AvgIpc) is 3.48. The quantitative estimate of drug-likeness (QED) is 0.240. The number of hydrogen-bond donors (Lipinski definition) is 3. The molecule has 3 aromatic rings. The molecule has 1 aliphatic rings. The molecule has 1 aliphatic heterocycles. The second kappa shape index (κ2) is 11.2. The van der Waals surface area contributed by atoms with Crippen molar-refractivity contribution < 1.29 is 9.59 Å². The van der Waals surface area contributed by atoms with Crippen LogP contribution >= 0.6 is 34.4 Å². The van der Waals surface area contributed by atoms with Crippen LogP contribution in [0.2, 0.25) is 0 Å². The van der Waals surface area contributed by atoms with Crippen molar-refractivity contribution in [3.05, 3.63) is 40.6 Å². The van der Waals surface area contributed by atoms with Crippen LogP contribution in [-0.4, -0.2) is 34.8 Å². The number of benzene rings is 1. The third-order valence-corrected chi connectivity index (χ3v) is 8.44. The van der Waals surface area contributed by atoms with Gasteiger partial charge in [-0.15, -0.1) is 11.3 Å². The van der Waals surface area contributed by atoms with Crippen LogP contribution in [0.5, 0.6) is 0 Å². The number of nitrogens with one attached hydrogen (secondary N) is 3. The van der Waals surface area contributed by atoms with Crippen molar-refractivity contribution in [1.82, 2.24) is 15.6 Å². The second-order valence-electron chi connectivity index (χ2n) is 8.05. The summed E-state index contributed by atoms with van der Waals surface area (Å²) in [4.78, 5) is 28.3. The van der Waals surface area contributed by atoms with Crippen LogP contribution in [0.15, 0.2) is 39.4 Å². The number of carbonyl (C=O) groups is 2. The van der Waals surface area contributed by atoms with Crippen LogP contribution < -0.4 is 16.0 Å². The van der Waals surface area contributed by atoms with Gasteiger partial charge in [0.2, 0.25) is 5.91 Å². The molecule has 1 fully saturated rings. The number of hydrogen-bond acceptors (Lipinski definition) is 6. The highest BCUT2D eigenvalue weighted by Gasteiger charge is 2.26. The molecule has 0 spiro atoms. The predicted octanol–water partition coefficient (Wildman–Crippen LogP) is 5.65. The highest BCUT2D eigenvalue weighted by Crippen LogP contribution is 2.31. The van der Waals surface area contributed by atoms with E-state index >= 15 is 0 Å². The minimum Gasteiger partial charge on any atom is -0.334 e. The second-order valence-corrected chi connectivity index (χ2v) is 11.2. The Bertz CT molecular complexity index is 1050. The zero-order chi connectivity index (χ0) is 22.3. The summed E-state index contributed by atoms with van der Waals surface area (Å²) in [7, 11) is 0. The molecule has 4 rings (SSSR count). The van der Waals surface area contributed by atoms with Crippen LogP contribution in [0.3, 0.4) is 0 Å². The minimum atomic E-state index is -0.0798. The van der Waals surface area contributed by atoms with Crippen LogP contribution in [0, 0.1) is 0 Å². The number of nitrogens with zero attached hydrogens (tertiary/aromatic N) is 1. The van der Waals surface area contributed by atoms with Gasteiger partial charge < -0.3 is 16.0 Å². The van der Waals surface area contributed by atoms with E-state index in [4.69, 9.17) is 4.98 Å². The van der Waals surface area contributed by atoms with Crippen molar-refractivity contribution in [1.29, 1.82) is 0 Å². The third-order valence-electron chi connectivity index (χ3n) is 5.55. The first-order valence-corrected chi connectivity index (χ1v) is 13.7. The molecule has 9 heteroatoms. The molecular weight excluding hydrogens is 460 g/mol. The summed E-state index contributed by atoms with van der Waals surface area (Å²) in [5, 5.41) is 13.1. The maximum atomic E-state index is 12.3. The number of urea groups is 1. The van der Waals surface area contributed by atoms with E-state index in [1.807, 2.05) is 25.1 Å². The minimum absolute atomic E-state index is 0.0448. The summed E-state index contributed by atoms with van der Waals surface area (Å²) < 4.78 is 2.17. The van der Waals surface area contributed by atoms with E-state index in [-0.39, 0.29) is 24.0 Å². The normalized spacial score (nSPS) is 18.0. The number of unbranched alkanes of at least 4 members (excludes halogenated alkanes) is 2. The molecule has 6 nitrogen and oxygen atoms in total. The van der Waals surface area contributed by atoms with Gasteiger partial charge in [0.05, 0.1) is 16.3 Å². The van der Waals surface area contributed by atoms with Crippen LogP contribution in [0.1, 0.15) is 44.6 Å². The fourth-order valence-corrected chi connectivity index (χ4v) is 6.62. The van der Waals surface area contributed by atoms with E-state index in [1.165, 1.54) is 5.56 Å². The van der Waals surface area contributed by atoms with Gasteiger partial charge >= 0.3 is 6.03 Å². The van der Waals surface area contributed by atoms with Crippen LogP contribution in [-0.2, 0) is 11.2 Å². The van der Waals surface area contributed by atoms with Crippen molar-refractivity contribution in [2.75, 3.05) is 11.1 Å². The van der Waals surface area contributed by atoms with Gasteiger partial charge in [-0.1, -0.05) is 24.6 Å². The SMILES string of the molecule is CC1NC(=O)NC1CCCCCC(=O)Nc1ccc2nc(SCCc3ccsc3)sc2c1. The number of thiazole rings is 1. The number of thioether (sulfide) groups is 1. The molecule has 0 aliphatic carbocycles. The monoisotopic (exact) mass is 488 g/mol. The maximum absolute atomic E-state index is 12.3. The molecule has 0 radical (unpaired) electrons. The van der Waals surface area contributed by atoms with Gasteiger partial charge in [-0.05, 0) is 66.8 Å². The molecule has 3 heterocycles. The van der Waals surface area contributed by atoms with Gasteiger partial charge in [0.15, 0.2) is 4.34 Å². The Morgan fingerprint density at radius 2 is 2.12 bits per heavy atom. The van der Waals surface area contributed by atoms with Crippen molar-refractivity contribution in [2.45, 2.75) is 61.9 Å². The van der Waals surface area contributed by atoms with E-state index in [9.17, 15) is 9.59 Å². The molecule has 2 unspecified atom stereocenters. The zero-order valence-electron chi connectivity index (χ0n) is 18.1. The molecule has 32 heavy (non-hydrogen) atoms. The Hall–Kier alpha value is -2.10. The highest BCUT2D eigenvalue weighted by molar-refractivity contribution is 8.01. The van der Waals surface area contributed by atoms with Crippen molar-refractivity contribution >= 4 is 62.3 Å². The third kappa shape index (κ3) is 6.46. The van der Waals surface area contributed by atoms with Crippen molar-refractivity contribution in [2.24, 2.45) is 0 Å². The van der Waals surface area contributed by atoms with E-state index < -0.39 is 0 Å². The summed E-state index contributed by atoms with van der Waals surface area (Å²) in [6.45, 7) is 2.02. The van der Waals surface area contributed by atoms with Crippen molar-refractivity contribution in [3.63, 3.8) is 0 Å². The van der Waals surface area contributed by atoms with Crippen LogP contribution in [0.25, 0.3) is 10.2 Å². The summed E-state index contributed by atoms with van der Waals surface area (Å²) in [6.07, 6.45) is 5.33. The maximum Gasteiger partial charge on any atom is 0.315 e. The summed E-state index contributed by atoms with van der Waals surface area (Å²) in [6, 6.07) is 8.39. The molecule has 2 aromatic heterocycles. The Balaban J connectivity index is 1.18. The first-order chi connectivity index (χ1) is 15.6. The standard InChI is InChI=1S/C23H28N4O2S3/c1-15-18(26-22(29)24-15)5-3-2-4-6-21(28)25-17-7-8-19-20(13-17)32-23(27-19)31-12-10-16-9-11-30-14-16/h7-9,11,13-15,18H,2-6,10,12H2,1H3,(H,25,28)(H2,24,26,29). The number of amides is 3. The summed E-state index contributed by atoms with van der Waals surface area (Å²) >= 11 is 5.20. The topological polar surface area (TPSA) is 83.1 Å². The number of anilines is 1. The lowest BCUT2D eigenvalue weighted by atomic mass is 10.0. The van der Waals surface area contributed by atoms with Crippen LogP contribution in [0.4, 0.5) is 10.5 Å². The lowest BCUT2D eigenvalue weighted by molar-refractivity contribution is -0.116. The molecule has 0 saturated carbocycles. The number of thiophene rings is 1. The lowest BCUT2D eigenvalue weighted by Crippen LogP contribution is -2.30. The highest BCUT2D eigenvalue weighted by atomic mass is 32.2. The predicted molar refractivity (Wildman–Crippen MR) is 135 cm³/mol. The molecule has 2 atom stereocenters. The molecule has 1 saturated heterocycles.